The Morgan fingerprint density at radius 2 is 2.00 bits per heavy atom. The Kier molecular flexibility index (Phi) is 6.69. The molecule has 0 saturated carbocycles. The van der Waals surface area contributed by atoms with E-state index >= 15 is 0 Å². The molecule has 4 heterocycles. The molecule has 3 unspecified atom stereocenters. The largest absolute Gasteiger partial charge is 0.372 e. The number of hydrogen-bond acceptors (Lipinski definition) is 7. The number of thioether (sulfide) groups is 1. The van der Waals surface area contributed by atoms with Gasteiger partial charge in [-0.3, -0.25) is 14.1 Å². The van der Waals surface area contributed by atoms with Crippen molar-refractivity contribution in [1.29, 1.82) is 0 Å². The number of carbonyl (C=O) groups is 1. The number of nitrogens with one attached hydrogen (secondary N) is 1. The van der Waals surface area contributed by atoms with Gasteiger partial charge in [-0.2, -0.15) is 0 Å². The summed E-state index contributed by atoms with van der Waals surface area (Å²) in [5.74, 6) is 0.139. The van der Waals surface area contributed by atoms with Crippen LogP contribution in [0, 0.1) is 0 Å². The Labute approximate surface area is 213 Å². The number of thiophene rings is 1. The van der Waals surface area contributed by atoms with Crippen LogP contribution in [0.15, 0.2) is 51.0 Å². The molecular weight excluding hydrogens is 504 g/mol. The van der Waals surface area contributed by atoms with Crippen LogP contribution in [0.2, 0.25) is 0 Å². The first-order chi connectivity index (χ1) is 16.7. The van der Waals surface area contributed by atoms with E-state index in [0.717, 1.165) is 21.6 Å². The van der Waals surface area contributed by atoms with Crippen molar-refractivity contribution in [2.24, 2.45) is 4.99 Å². The Morgan fingerprint density at radius 1 is 1.23 bits per heavy atom. The summed E-state index contributed by atoms with van der Waals surface area (Å²) >= 11 is 2.80. The lowest BCUT2D eigenvalue weighted by Crippen LogP contribution is -2.48. The quantitative estimate of drug-likeness (QED) is 0.519. The monoisotopic (exact) mass is 532 g/mol. The van der Waals surface area contributed by atoms with Crippen molar-refractivity contribution in [3.63, 3.8) is 0 Å². The molecule has 35 heavy (non-hydrogen) atoms. The molecule has 2 aliphatic heterocycles. The maximum absolute atomic E-state index is 13.1. The van der Waals surface area contributed by atoms with Gasteiger partial charge >= 0.3 is 0 Å². The van der Waals surface area contributed by atoms with Crippen LogP contribution in [0.25, 0.3) is 10.9 Å². The number of aliphatic imine (C=N–C) groups is 1. The van der Waals surface area contributed by atoms with Crippen molar-refractivity contribution in [1.82, 2.24) is 9.88 Å². The Hall–Kier alpha value is -2.34. The van der Waals surface area contributed by atoms with E-state index in [1.807, 2.05) is 36.9 Å². The van der Waals surface area contributed by atoms with Gasteiger partial charge in [0.15, 0.2) is 0 Å². The Balaban J connectivity index is 1.31. The van der Waals surface area contributed by atoms with Gasteiger partial charge in [-0.05, 0) is 37.4 Å². The second kappa shape index (κ2) is 9.61. The molecule has 0 aliphatic carbocycles. The number of para-hydroxylation sites is 1. The number of morpholine rings is 1. The van der Waals surface area contributed by atoms with Gasteiger partial charge in [-0.25, -0.2) is 8.42 Å². The van der Waals surface area contributed by atoms with Gasteiger partial charge in [-0.1, -0.05) is 30.0 Å². The van der Waals surface area contributed by atoms with Crippen LogP contribution in [-0.2, 0) is 19.6 Å². The van der Waals surface area contributed by atoms with Crippen LogP contribution in [0.5, 0.6) is 0 Å². The number of aromatic amines is 1. The highest BCUT2D eigenvalue weighted by molar-refractivity contribution is 8.15. The number of aromatic nitrogens is 1. The van der Waals surface area contributed by atoms with E-state index in [1.54, 1.807) is 42.4 Å². The Morgan fingerprint density at radius 3 is 2.71 bits per heavy atom. The second-order valence-electron chi connectivity index (χ2n) is 8.97. The highest BCUT2D eigenvalue weighted by Crippen LogP contribution is 2.34. The zero-order chi connectivity index (χ0) is 24.7. The molecule has 3 atom stereocenters. The van der Waals surface area contributed by atoms with Crippen molar-refractivity contribution < 1.29 is 17.9 Å². The molecule has 186 valence electrons. The lowest BCUT2D eigenvalue weighted by Gasteiger charge is -2.35. The molecule has 1 N–H and O–H groups in total. The predicted octanol–water partition coefficient (Wildman–Crippen LogP) is 3.94. The van der Waals surface area contributed by atoms with Crippen LogP contribution < -0.4 is 4.31 Å². The predicted molar refractivity (Wildman–Crippen MR) is 142 cm³/mol. The molecule has 0 spiro atoms. The smallest absolute Gasteiger partial charge is 0.273 e. The van der Waals surface area contributed by atoms with Crippen LogP contribution in [0.4, 0.5) is 5.69 Å². The van der Waals surface area contributed by atoms with Gasteiger partial charge in [-0.15, -0.1) is 11.3 Å². The van der Waals surface area contributed by atoms with Gasteiger partial charge in [0.2, 0.25) is 5.91 Å². The van der Waals surface area contributed by atoms with Gasteiger partial charge in [0.1, 0.15) is 9.25 Å². The molecule has 5 rings (SSSR count). The number of amides is 1. The molecule has 8 nitrogen and oxygen atoms in total. The summed E-state index contributed by atoms with van der Waals surface area (Å²) in [6.07, 6.45) is 0.533. The summed E-state index contributed by atoms with van der Waals surface area (Å²) in [6, 6.07) is 10.9. The lowest BCUT2D eigenvalue weighted by molar-refractivity contribution is -0.143. The molecule has 2 aliphatic rings. The number of hydrogen-bond donors (Lipinski definition) is 1. The highest BCUT2D eigenvalue weighted by atomic mass is 32.2. The van der Waals surface area contributed by atoms with Gasteiger partial charge in [0.05, 0.1) is 35.7 Å². The molecule has 0 bridgehead atoms. The number of fused-ring (bicyclic) bond motifs is 1. The van der Waals surface area contributed by atoms with E-state index in [1.165, 1.54) is 15.6 Å². The number of H-pyrrole nitrogens is 1. The second-order valence-corrected chi connectivity index (χ2v) is 13.4. The summed E-state index contributed by atoms with van der Waals surface area (Å²) in [4.78, 5) is 22.9. The standard InChI is InChI=1S/C24H28N4O4S3/c1-15-13-28(14-16(2)32-15)21(29)11-18-12-25-24(34-18)19-10-17-6-4-7-20(23(17)26-19)27(3)35(30,31)22-8-5-9-33-22/h4-10,15-16,18,26H,11-14H2,1-3H3. The van der Waals surface area contributed by atoms with Crippen LogP contribution in [0.3, 0.4) is 0 Å². The normalized spacial score (nSPS) is 23.0. The minimum Gasteiger partial charge on any atom is -0.372 e. The number of benzene rings is 1. The number of anilines is 1. The highest BCUT2D eigenvalue weighted by Gasteiger charge is 2.31. The first-order valence-electron chi connectivity index (χ1n) is 11.5. The summed E-state index contributed by atoms with van der Waals surface area (Å²) in [5, 5.41) is 3.59. The number of sulfonamides is 1. The molecular formula is C24H28N4O4S3. The fourth-order valence-electron chi connectivity index (χ4n) is 4.57. The topological polar surface area (TPSA) is 95.1 Å². The molecule has 11 heteroatoms. The minimum atomic E-state index is -3.65. The zero-order valence-corrected chi connectivity index (χ0v) is 22.3. The van der Waals surface area contributed by atoms with E-state index in [-0.39, 0.29) is 23.4 Å². The van der Waals surface area contributed by atoms with Crippen molar-refractivity contribution in [2.75, 3.05) is 31.0 Å². The fourth-order valence-corrected chi connectivity index (χ4v) is 8.02. The van der Waals surface area contributed by atoms with Crippen LogP contribution >= 0.6 is 23.1 Å². The third kappa shape index (κ3) is 4.87. The number of rotatable bonds is 6. The molecule has 1 aromatic carbocycles. The van der Waals surface area contributed by atoms with Crippen molar-refractivity contribution in [3.05, 3.63) is 47.5 Å². The maximum atomic E-state index is 13.1. The lowest BCUT2D eigenvalue weighted by atomic mass is 10.2. The number of nitrogens with zero attached hydrogens (tertiary/aromatic N) is 3. The molecule has 2 aromatic heterocycles. The van der Waals surface area contributed by atoms with Gasteiger partial charge in [0.25, 0.3) is 10.0 Å². The third-order valence-corrected chi connectivity index (χ3v) is 10.6. The molecule has 1 saturated heterocycles. The summed E-state index contributed by atoms with van der Waals surface area (Å²) in [6.45, 7) is 5.82. The van der Waals surface area contributed by atoms with E-state index in [2.05, 4.69) is 4.98 Å². The van der Waals surface area contributed by atoms with Gasteiger partial charge in [0, 0.05) is 37.2 Å². The first kappa shape index (κ1) is 24.4. The Bertz CT molecular complexity index is 1360. The van der Waals surface area contributed by atoms with E-state index < -0.39 is 10.0 Å². The first-order valence-corrected chi connectivity index (χ1v) is 14.7. The SMILES string of the molecule is CC1CN(C(=O)CC2CN=C(c3cc4cccc(N(C)S(=O)(=O)c5cccs5)c4[nH]3)S2)CC(C)O1. The summed E-state index contributed by atoms with van der Waals surface area (Å²) < 4.78 is 33.5. The fraction of sp³-hybridized carbons (Fsp3) is 0.417. The van der Waals surface area contributed by atoms with Crippen molar-refractivity contribution >= 4 is 60.7 Å². The zero-order valence-electron chi connectivity index (χ0n) is 19.8. The van der Waals surface area contributed by atoms with Crippen LogP contribution in [0.1, 0.15) is 26.0 Å². The van der Waals surface area contributed by atoms with E-state index in [9.17, 15) is 13.2 Å². The van der Waals surface area contributed by atoms with Gasteiger partial charge < -0.3 is 14.6 Å². The van der Waals surface area contributed by atoms with Crippen LogP contribution in [-0.4, -0.2) is 73.4 Å². The molecule has 3 aromatic rings. The van der Waals surface area contributed by atoms with Crippen molar-refractivity contribution in [3.8, 4) is 0 Å². The molecule has 1 fully saturated rings. The van der Waals surface area contributed by atoms with E-state index in [0.29, 0.717) is 36.0 Å². The van der Waals surface area contributed by atoms with Crippen molar-refractivity contribution in [2.45, 2.75) is 41.9 Å². The minimum absolute atomic E-state index is 0.0491. The average molecular weight is 533 g/mol. The summed E-state index contributed by atoms with van der Waals surface area (Å²) in [5.41, 5.74) is 2.15. The number of ether oxygens (including phenoxy) is 1. The van der Waals surface area contributed by atoms with E-state index in [4.69, 9.17) is 9.73 Å². The molecule has 1 amide bonds. The molecule has 0 radical (unpaired) electrons. The number of carbonyl (C=O) groups excluding carboxylic acids is 1. The third-order valence-electron chi connectivity index (χ3n) is 6.21. The summed E-state index contributed by atoms with van der Waals surface area (Å²) in [7, 11) is -2.07. The maximum Gasteiger partial charge on any atom is 0.273 e. The average Bonchev–Trinajstić information content (AvgIpc) is 3.58.